The van der Waals surface area contributed by atoms with E-state index in [1.807, 2.05) is 0 Å². The summed E-state index contributed by atoms with van der Waals surface area (Å²) in [5, 5.41) is 0. The summed E-state index contributed by atoms with van der Waals surface area (Å²) >= 11 is 5.54. The summed E-state index contributed by atoms with van der Waals surface area (Å²) in [5.41, 5.74) is 0. The van der Waals surface area contributed by atoms with Gasteiger partial charge in [-0.25, -0.2) is 0 Å². The van der Waals surface area contributed by atoms with Gasteiger partial charge in [-0.3, -0.25) is 0 Å². The Morgan fingerprint density at radius 3 is 1.20 bits per heavy atom. The van der Waals surface area contributed by atoms with Crippen LogP contribution in [0.15, 0.2) is 0 Å². The molecular formula is Br3Cl2InO2ZnZr. The Hall–Kier alpha value is 4.00. The van der Waals surface area contributed by atoms with Crippen molar-refractivity contribution >= 4 is 70.7 Å². The Morgan fingerprint density at radius 2 is 1.20 bits per heavy atom. The fourth-order valence-electron chi connectivity index (χ4n) is 0. The zero-order valence-electron chi connectivity index (χ0n) is 4.49. The van der Waals surface area contributed by atoms with E-state index in [4.69, 9.17) is 25.0 Å². The van der Waals surface area contributed by atoms with Crippen molar-refractivity contribution in [3.05, 3.63) is 0 Å². The fraction of sp³-hybridized carbons (Fsp3) is 0. The van der Waals surface area contributed by atoms with Gasteiger partial charge in [0.05, 0.1) is 0 Å². The van der Waals surface area contributed by atoms with Crippen LogP contribution in [0, 0.1) is 0 Å². The normalized spacial score (nSPS) is 4.50. The zero-order chi connectivity index (χ0) is 8.99. The predicted molar refractivity (Wildman–Crippen MR) is 45.6 cm³/mol. The maximum atomic E-state index is 8.54. The quantitative estimate of drug-likeness (QED) is 0.393. The first kappa shape index (κ1) is 19.6. The second-order valence-electron chi connectivity index (χ2n) is 0.432. The molecule has 0 saturated carbocycles. The van der Waals surface area contributed by atoms with Gasteiger partial charge in [0.1, 0.15) is 0 Å². The van der Waals surface area contributed by atoms with E-state index in [0.29, 0.717) is 0 Å². The first-order valence-electron chi connectivity index (χ1n) is 1.60. The van der Waals surface area contributed by atoms with E-state index >= 15 is 0 Å². The Morgan fingerprint density at radius 1 is 1.20 bits per heavy atom. The van der Waals surface area contributed by atoms with Crippen LogP contribution in [0.5, 0.6) is 0 Å². The van der Waals surface area contributed by atoms with Crippen molar-refractivity contribution < 1.29 is 44.0 Å². The minimum atomic E-state index is -2.27. The predicted octanol–water partition coefficient (Wildman–Crippen LogP) is 3.29. The first-order valence-corrected chi connectivity index (χ1v) is 33.6. The molecule has 10 heavy (non-hydrogen) atoms. The van der Waals surface area contributed by atoms with Crippen LogP contribution in [0.4, 0.5) is 0 Å². The molecule has 0 aliphatic rings. The summed E-state index contributed by atoms with van der Waals surface area (Å²) in [5.74, 6) is 0. The molecule has 0 unspecified atom stereocenters. The van der Waals surface area contributed by atoms with E-state index in [9.17, 15) is 0 Å². The molecular weight excluding hydrogens is 614 g/mol. The van der Waals surface area contributed by atoms with Crippen LogP contribution in [0.1, 0.15) is 0 Å². The standard InChI is InChI=1S/3BrH.2ClH.In.2O.Zn.Zr/h5*1H;;;;;/q;;;;;+3;;;+2;/p-5. The van der Waals surface area contributed by atoms with Crippen molar-refractivity contribution in [2.45, 2.75) is 0 Å². The summed E-state index contributed by atoms with van der Waals surface area (Å²) < 4.78 is 17.1. The molecule has 0 bridgehead atoms. The molecule has 0 aliphatic heterocycles. The summed E-state index contributed by atoms with van der Waals surface area (Å²) in [6.07, 6.45) is 0. The molecule has 0 rings (SSSR count). The minimum absolute atomic E-state index is 0.931. The average Bonchev–Trinajstić information content (AvgIpc) is 1.65. The molecule has 0 heterocycles. The Kier molecular flexibility index (Phi) is 45.2. The molecule has 0 fully saturated rings. The van der Waals surface area contributed by atoms with Crippen molar-refractivity contribution in [2.24, 2.45) is 0 Å². The SMILES string of the molecule is [Br][In]([Br])[Br].[Cl][Zn][Cl].[O]=[Zr]=[O]. The van der Waals surface area contributed by atoms with Crippen LogP contribution < -0.4 is 0 Å². The van der Waals surface area contributed by atoms with Crippen LogP contribution in [0.2, 0.25) is 0 Å². The molecule has 0 aromatic rings. The monoisotopic (exact) mass is 607 g/mol. The van der Waals surface area contributed by atoms with E-state index in [2.05, 4.69) is 36.9 Å². The molecule has 0 aromatic heterocycles. The third-order valence-electron chi connectivity index (χ3n) is 0. The molecule has 56 valence electrons. The second kappa shape index (κ2) is 23.1. The van der Waals surface area contributed by atoms with Gasteiger partial charge in [0.15, 0.2) is 0 Å². The number of rotatable bonds is 0. The molecule has 0 N–H and O–H groups in total. The molecule has 0 atom stereocenters. The van der Waals surface area contributed by atoms with E-state index in [1.165, 1.54) is 0 Å². The van der Waals surface area contributed by atoms with Gasteiger partial charge >= 0.3 is 115 Å². The fourth-order valence-corrected chi connectivity index (χ4v) is 0. The molecule has 10 heteroatoms. The zero-order valence-corrected chi connectivity index (χ0v) is 19.5. The molecule has 0 spiro atoms. The number of hydrogen-bond donors (Lipinski definition) is 0. The Bertz CT molecular complexity index is 76.1. The van der Waals surface area contributed by atoms with Gasteiger partial charge in [-0.2, -0.15) is 0 Å². The van der Waals surface area contributed by atoms with Gasteiger partial charge < -0.3 is 0 Å². The van der Waals surface area contributed by atoms with Gasteiger partial charge in [0, 0.05) is 0 Å². The summed E-state index contributed by atoms with van der Waals surface area (Å²) in [4.78, 5) is 0. The van der Waals surface area contributed by atoms with Gasteiger partial charge in [-0.1, -0.05) is 0 Å². The molecule has 0 amide bonds. The van der Waals surface area contributed by atoms with E-state index < -0.39 is 52.8 Å². The van der Waals surface area contributed by atoms with Crippen molar-refractivity contribution in [3.63, 3.8) is 0 Å². The first-order chi connectivity index (χ1) is 4.56. The number of hydrogen-bond acceptors (Lipinski definition) is 2. The van der Waals surface area contributed by atoms with E-state index in [0.717, 1.165) is 0 Å². The van der Waals surface area contributed by atoms with E-state index in [1.54, 1.807) is 0 Å². The Balaban J connectivity index is -0.0000000750. The molecule has 0 aliphatic carbocycles. The van der Waals surface area contributed by atoms with Crippen molar-refractivity contribution in [1.29, 1.82) is 0 Å². The third kappa shape index (κ3) is 90.8. The average molecular weight is 614 g/mol. The van der Waals surface area contributed by atoms with Crippen molar-refractivity contribution in [3.8, 4) is 0 Å². The second-order valence-corrected chi connectivity index (χ2v) is 50.0. The van der Waals surface area contributed by atoms with Gasteiger partial charge in [-0.05, 0) is 0 Å². The number of halogens is 5. The Labute approximate surface area is 112 Å². The van der Waals surface area contributed by atoms with Crippen LogP contribution in [0.25, 0.3) is 0 Å². The van der Waals surface area contributed by atoms with Crippen LogP contribution >= 0.6 is 56.3 Å². The van der Waals surface area contributed by atoms with Gasteiger partial charge in [0.25, 0.3) is 0 Å². The summed E-state index contributed by atoms with van der Waals surface area (Å²) in [7, 11) is 9.90. The summed E-state index contributed by atoms with van der Waals surface area (Å²) in [6, 6.07) is 0. The molecule has 0 saturated heterocycles. The van der Waals surface area contributed by atoms with Crippen LogP contribution in [-0.4, -0.2) is 14.4 Å². The molecule has 2 nitrogen and oxygen atoms in total. The van der Waals surface area contributed by atoms with Gasteiger partial charge in [-0.15, -0.1) is 0 Å². The van der Waals surface area contributed by atoms with Gasteiger partial charge in [0.2, 0.25) is 0 Å². The topological polar surface area (TPSA) is 34.1 Å². The maximum absolute atomic E-state index is 8.54. The van der Waals surface area contributed by atoms with Crippen molar-refractivity contribution in [1.82, 2.24) is 0 Å². The molecule has 0 aromatic carbocycles. The molecule has 0 radical (unpaired) electrons. The summed E-state index contributed by atoms with van der Waals surface area (Å²) in [6.45, 7) is 0. The van der Waals surface area contributed by atoms with Crippen molar-refractivity contribution in [2.75, 3.05) is 0 Å². The van der Waals surface area contributed by atoms with Crippen LogP contribution in [-0.2, 0) is 44.0 Å². The van der Waals surface area contributed by atoms with E-state index in [-0.39, 0.29) is 0 Å². The van der Waals surface area contributed by atoms with Crippen LogP contribution in [0.3, 0.4) is 0 Å². The third-order valence-corrected chi connectivity index (χ3v) is 0.